The van der Waals surface area contributed by atoms with Gasteiger partial charge in [-0.3, -0.25) is 0 Å². The van der Waals surface area contributed by atoms with Crippen molar-refractivity contribution in [1.29, 1.82) is 0 Å². The maximum atomic E-state index is 13.1. The maximum Gasteiger partial charge on any atom is 0.244 e. The summed E-state index contributed by atoms with van der Waals surface area (Å²) >= 11 is 3.13. The largest absolute Gasteiger partial charge is 0.319 e. The van der Waals surface area contributed by atoms with E-state index in [1.54, 1.807) is 0 Å². The Morgan fingerprint density at radius 1 is 1.38 bits per heavy atom. The lowest BCUT2D eigenvalue weighted by Crippen LogP contribution is -2.40. The van der Waals surface area contributed by atoms with Crippen LogP contribution in [0.15, 0.2) is 27.6 Å². The smallest absolute Gasteiger partial charge is 0.244 e. The molecule has 1 aromatic rings. The molecule has 0 unspecified atom stereocenters. The predicted octanol–water partition coefficient (Wildman–Crippen LogP) is 2.63. The number of hydrogen-bond donors (Lipinski definition) is 1. The van der Waals surface area contributed by atoms with Crippen molar-refractivity contribution in [2.75, 3.05) is 26.7 Å². The highest BCUT2D eigenvalue weighted by Gasteiger charge is 2.30. The fourth-order valence-electron chi connectivity index (χ4n) is 2.47. The molecule has 1 heterocycles. The highest BCUT2D eigenvalue weighted by molar-refractivity contribution is 9.10. The van der Waals surface area contributed by atoms with Gasteiger partial charge >= 0.3 is 0 Å². The van der Waals surface area contributed by atoms with Crippen LogP contribution in [0.25, 0.3) is 0 Å². The first kappa shape index (κ1) is 18.8. The van der Waals surface area contributed by atoms with Gasteiger partial charge in [-0.15, -0.1) is 12.4 Å². The fourth-order valence-corrected chi connectivity index (χ4v) is 4.95. The quantitative estimate of drug-likeness (QED) is 0.844. The lowest BCUT2D eigenvalue weighted by atomic mass is 9.98. The Morgan fingerprint density at radius 2 is 2.00 bits per heavy atom. The molecule has 21 heavy (non-hydrogen) atoms. The molecule has 1 aliphatic rings. The maximum absolute atomic E-state index is 13.1. The third kappa shape index (κ3) is 4.39. The topological polar surface area (TPSA) is 49.4 Å². The van der Waals surface area contributed by atoms with Crippen molar-refractivity contribution in [2.24, 2.45) is 5.92 Å². The van der Waals surface area contributed by atoms with Crippen molar-refractivity contribution < 1.29 is 12.8 Å². The monoisotopic (exact) mass is 400 g/mol. The second-order valence-corrected chi connectivity index (χ2v) is 7.74. The van der Waals surface area contributed by atoms with Gasteiger partial charge in [0.05, 0.1) is 4.90 Å². The first-order valence-electron chi connectivity index (χ1n) is 6.55. The Bertz CT molecular complexity index is 578. The van der Waals surface area contributed by atoms with E-state index in [1.807, 2.05) is 7.05 Å². The molecule has 0 amide bonds. The summed E-state index contributed by atoms with van der Waals surface area (Å²) < 4.78 is 39.9. The van der Waals surface area contributed by atoms with Crippen LogP contribution in [0.1, 0.15) is 12.8 Å². The molecule has 0 atom stereocenters. The molecule has 1 aliphatic heterocycles. The standard InChI is InChI=1S/C13H18BrFN2O2S.ClH/c1-16-9-10-4-6-17(7-5-10)20(18,19)13-3-2-11(15)8-12(13)14;/h2-3,8,10,16H,4-7,9H2,1H3;1H. The number of piperidine rings is 1. The summed E-state index contributed by atoms with van der Waals surface area (Å²) in [6.07, 6.45) is 1.69. The van der Waals surface area contributed by atoms with E-state index >= 15 is 0 Å². The molecule has 2 rings (SSSR count). The lowest BCUT2D eigenvalue weighted by Gasteiger charge is -2.31. The highest BCUT2D eigenvalue weighted by Crippen LogP contribution is 2.28. The van der Waals surface area contributed by atoms with Gasteiger partial charge in [-0.25, -0.2) is 12.8 Å². The third-order valence-corrected chi connectivity index (χ3v) is 6.45. The van der Waals surface area contributed by atoms with Gasteiger partial charge in [0.25, 0.3) is 0 Å². The average molecular weight is 402 g/mol. The Kier molecular flexibility index (Phi) is 7.06. The van der Waals surface area contributed by atoms with Gasteiger partial charge in [-0.1, -0.05) is 0 Å². The van der Waals surface area contributed by atoms with Crippen LogP contribution in [0.5, 0.6) is 0 Å². The summed E-state index contributed by atoms with van der Waals surface area (Å²) in [6.45, 7) is 1.94. The van der Waals surface area contributed by atoms with E-state index in [1.165, 1.54) is 22.5 Å². The van der Waals surface area contributed by atoms with E-state index in [4.69, 9.17) is 0 Å². The van der Waals surface area contributed by atoms with Crippen LogP contribution < -0.4 is 5.32 Å². The molecule has 0 aromatic heterocycles. The van der Waals surface area contributed by atoms with E-state index in [0.29, 0.717) is 19.0 Å². The summed E-state index contributed by atoms with van der Waals surface area (Å²) in [5.74, 6) is 0.0617. The molecular formula is C13H19BrClFN2O2S. The number of halogens is 3. The number of nitrogens with one attached hydrogen (secondary N) is 1. The van der Waals surface area contributed by atoms with Crippen molar-refractivity contribution in [3.05, 3.63) is 28.5 Å². The molecule has 120 valence electrons. The lowest BCUT2D eigenvalue weighted by molar-refractivity contribution is 0.270. The van der Waals surface area contributed by atoms with E-state index in [9.17, 15) is 12.8 Å². The zero-order valence-electron chi connectivity index (χ0n) is 11.7. The third-order valence-electron chi connectivity index (χ3n) is 3.58. The first-order chi connectivity index (χ1) is 9.45. The summed E-state index contributed by atoms with van der Waals surface area (Å²) in [5, 5.41) is 3.12. The van der Waals surface area contributed by atoms with Crippen LogP contribution in [-0.2, 0) is 10.0 Å². The number of benzene rings is 1. The predicted molar refractivity (Wildman–Crippen MR) is 86.8 cm³/mol. The van der Waals surface area contributed by atoms with Crippen LogP contribution in [0, 0.1) is 11.7 Å². The van der Waals surface area contributed by atoms with Gasteiger partial charge in [0.2, 0.25) is 10.0 Å². The van der Waals surface area contributed by atoms with Crippen LogP contribution in [0.2, 0.25) is 0 Å². The van der Waals surface area contributed by atoms with Gasteiger partial charge in [0.1, 0.15) is 5.82 Å². The Labute approximate surface area is 139 Å². The number of nitrogens with zero attached hydrogens (tertiary/aromatic N) is 1. The van der Waals surface area contributed by atoms with E-state index < -0.39 is 15.8 Å². The number of sulfonamides is 1. The molecule has 0 radical (unpaired) electrons. The van der Waals surface area contributed by atoms with Crippen molar-refractivity contribution in [3.63, 3.8) is 0 Å². The second-order valence-electron chi connectivity index (χ2n) is 4.98. The molecule has 1 N–H and O–H groups in total. The molecule has 4 nitrogen and oxygen atoms in total. The molecule has 1 saturated heterocycles. The van der Waals surface area contributed by atoms with Gasteiger partial charge in [0, 0.05) is 17.6 Å². The summed E-state index contributed by atoms with van der Waals surface area (Å²) in [4.78, 5) is 0.131. The molecule has 0 bridgehead atoms. The first-order valence-corrected chi connectivity index (χ1v) is 8.78. The molecule has 0 spiro atoms. The second kappa shape index (κ2) is 7.87. The summed E-state index contributed by atoms with van der Waals surface area (Å²) in [7, 11) is -1.65. The van der Waals surface area contributed by atoms with Gasteiger partial charge in [0.15, 0.2) is 0 Å². The molecule has 8 heteroatoms. The number of hydrogen-bond acceptors (Lipinski definition) is 3. The fraction of sp³-hybridized carbons (Fsp3) is 0.538. The average Bonchev–Trinajstić information content (AvgIpc) is 2.39. The van der Waals surface area contributed by atoms with Gasteiger partial charge in [-0.05, 0) is 66.5 Å². The molecule has 0 aliphatic carbocycles. The molecule has 1 fully saturated rings. The Morgan fingerprint density at radius 3 is 2.52 bits per heavy atom. The SMILES string of the molecule is CNCC1CCN(S(=O)(=O)c2ccc(F)cc2Br)CC1.Cl. The normalized spacial score (nSPS) is 17.5. The minimum atomic E-state index is -3.55. The molecular weight excluding hydrogens is 383 g/mol. The Balaban J connectivity index is 0.00000220. The van der Waals surface area contributed by atoms with Gasteiger partial charge < -0.3 is 5.32 Å². The molecule has 1 aromatic carbocycles. The van der Waals surface area contributed by atoms with Crippen LogP contribution in [-0.4, -0.2) is 39.4 Å². The zero-order chi connectivity index (χ0) is 14.8. The van der Waals surface area contributed by atoms with Crippen LogP contribution in [0.4, 0.5) is 4.39 Å². The zero-order valence-corrected chi connectivity index (χ0v) is 14.9. The van der Waals surface area contributed by atoms with E-state index in [-0.39, 0.29) is 21.8 Å². The summed E-state index contributed by atoms with van der Waals surface area (Å²) in [6, 6.07) is 3.67. The minimum Gasteiger partial charge on any atom is -0.319 e. The summed E-state index contributed by atoms with van der Waals surface area (Å²) in [5.41, 5.74) is 0. The van der Waals surface area contributed by atoms with Crippen LogP contribution >= 0.6 is 28.3 Å². The van der Waals surface area contributed by atoms with Crippen molar-refractivity contribution >= 4 is 38.4 Å². The van der Waals surface area contributed by atoms with Crippen molar-refractivity contribution in [3.8, 4) is 0 Å². The Hall–Kier alpha value is -0.210. The highest BCUT2D eigenvalue weighted by atomic mass is 79.9. The van der Waals surface area contributed by atoms with E-state index in [2.05, 4.69) is 21.2 Å². The molecule has 0 saturated carbocycles. The van der Waals surface area contributed by atoms with E-state index in [0.717, 1.165) is 19.4 Å². The van der Waals surface area contributed by atoms with Crippen LogP contribution in [0.3, 0.4) is 0 Å². The van der Waals surface area contributed by atoms with Crippen molar-refractivity contribution in [2.45, 2.75) is 17.7 Å². The minimum absolute atomic E-state index is 0. The number of rotatable bonds is 4. The van der Waals surface area contributed by atoms with Crippen molar-refractivity contribution in [1.82, 2.24) is 9.62 Å². The van der Waals surface area contributed by atoms with Gasteiger partial charge in [-0.2, -0.15) is 4.31 Å².